The fraction of sp³-hybridized carbons (Fsp3) is 0.333. The van der Waals surface area contributed by atoms with Gasteiger partial charge in [-0.1, -0.05) is 47.6 Å². The SMILES string of the molecule is CC1=CC(C)(C)c2cc(Br)ccc2S1. The first-order valence-electron chi connectivity index (χ1n) is 4.66. The van der Waals surface area contributed by atoms with Crippen molar-refractivity contribution in [3.8, 4) is 0 Å². The number of benzene rings is 1. The van der Waals surface area contributed by atoms with E-state index in [2.05, 4.69) is 61.0 Å². The molecule has 0 aliphatic carbocycles. The highest BCUT2D eigenvalue weighted by Gasteiger charge is 2.25. The monoisotopic (exact) mass is 268 g/mol. The molecule has 0 nitrogen and oxygen atoms in total. The lowest BCUT2D eigenvalue weighted by atomic mass is 9.84. The third-order valence-electron chi connectivity index (χ3n) is 2.47. The summed E-state index contributed by atoms with van der Waals surface area (Å²) in [5.74, 6) is 0. The van der Waals surface area contributed by atoms with Crippen LogP contribution >= 0.6 is 27.7 Å². The third-order valence-corrected chi connectivity index (χ3v) is 3.98. The van der Waals surface area contributed by atoms with E-state index in [0.29, 0.717) is 0 Å². The highest BCUT2D eigenvalue weighted by Crippen LogP contribution is 2.43. The quantitative estimate of drug-likeness (QED) is 0.655. The zero-order valence-electron chi connectivity index (χ0n) is 8.60. The van der Waals surface area contributed by atoms with E-state index in [-0.39, 0.29) is 5.41 Å². The van der Waals surface area contributed by atoms with Crippen LogP contribution in [-0.4, -0.2) is 0 Å². The van der Waals surface area contributed by atoms with Crippen molar-refractivity contribution in [3.63, 3.8) is 0 Å². The Morgan fingerprint density at radius 1 is 1.29 bits per heavy atom. The average molecular weight is 269 g/mol. The lowest BCUT2D eigenvalue weighted by Crippen LogP contribution is -2.17. The zero-order chi connectivity index (χ0) is 10.3. The number of hydrogen-bond donors (Lipinski definition) is 0. The van der Waals surface area contributed by atoms with Crippen molar-refractivity contribution in [2.75, 3.05) is 0 Å². The first-order valence-corrected chi connectivity index (χ1v) is 6.27. The maximum Gasteiger partial charge on any atom is 0.0179 e. The Labute approximate surface area is 97.9 Å². The smallest absolute Gasteiger partial charge is 0.0179 e. The van der Waals surface area contributed by atoms with Crippen LogP contribution in [0.2, 0.25) is 0 Å². The molecule has 0 atom stereocenters. The molecule has 1 aliphatic rings. The van der Waals surface area contributed by atoms with Gasteiger partial charge in [0.2, 0.25) is 0 Å². The van der Waals surface area contributed by atoms with Gasteiger partial charge in [-0.25, -0.2) is 0 Å². The maximum atomic E-state index is 3.53. The second kappa shape index (κ2) is 3.42. The van der Waals surface area contributed by atoms with Crippen LogP contribution in [0.3, 0.4) is 0 Å². The van der Waals surface area contributed by atoms with Crippen LogP contribution in [0.4, 0.5) is 0 Å². The second-order valence-corrected chi connectivity index (χ2v) is 6.42. The number of allylic oxidation sites excluding steroid dienone is 2. The number of rotatable bonds is 0. The van der Waals surface area contributed by atoms with Crippen LogP contribution in [0.5, 0.6) is 0 Å². The van der Waals surface area contributed by atoms with Crippen LogP contribution in [0.15, 0.2) is 38.5 Å². The molecule has 74 valence electrons. The molecule has 1 aromatic rings. The summed E-state index contributed by atoms with van der Waals surface area (Å²) >= 11 is 5.39. The first kappa shape index (κ1) is 10.3. The largest absolute Gasteiger partial charge is 0.0948 e. The summed E-state index contributed by atoms with van der Waals surface area (Å²) in [5, 5.41) is 0. The third kappa shape index (κ3) is 1.78. The molecule has 0 spiro atoms. The van der Waals surface area contributed by atoms with Gasteiger partial charge in [0.25, 0.3) is 0 Å². The van der Waals surface area contributed by atoms with Crippen LogP contribution < -0.4 is 0 Å². The Morgan fingerprint density at radius 3 is 2.71 bits per heavy atom. The van der Waals surface area contributed by atoms with Gasteiger partial charge in [0.15, 0.2) is 0 Å². The van der Waals surface area contributed by atoms with Gasteiger partial charge in [-0.3, -0.25) is 0 Å². The Morgan fingerprint density at radius 2 is 2.00 bits per heavy atom. The van der Waals surface area contributed by atoms with E-state index < -0.39 is 0 Å². The molecule has 0 amide bonds. The Hall–Kier alpha value is -0.210. The van der Waals surface area contributed by atoms with Crippen molar-refractivity contribution in [1.82, 2.24) is 0 Å². The summed E-state index contributed by atoms with van der Waals surface area (Å²) in [6.07, 6.45) is 2.34. The Bertz CT molecular complexity index is 405. The minimum Gasteiger partial charge on any atom is -0.0948 e. The number of fused-ring (bicyclic) bond motifs is 1. The van der Waals surface area contributed by atoms with Gasteiger partial charge in [0, 0.05) is 14.8 Å². The average Bonchev–Trinajstić information content (AvgIpc) is 2.05. The number of hydrogen-bond acceptors (Lipinski definition) is 1. The highest BCUT2D eigenvalue weighted by atomic mass is 79.9. The van der Waals surface area contributed by atoms with Crippen molar-refractivity contribution in [2.24, 2.45) is 0 Å². The standard InChI is InChI=1S/C12H13BrS/c1-8-7-12(2,3)10-6-9(13)4-5-11(10)14-8/h4-7H,1-3H3. The lowest BCUT2D eigenvalue weighted by Gasteiger charge is -2.29. The predicted molar refractivity (Wildman–Crippen MR) is 66.8 cm³/mol. The van der Waals surface area contributed by atoms with Crippen molar-refractivity contribution < 1.29 is 0 Å². The van der Waals surface area contributed by atoms with E-state index in [0.717, 1.165) is 4.47 Å². The molecule has 1 aliphatic heterocycles. The Kier molecular flexibility index (Phi) is 2.52. The van der Waals surface area contributed by atoms with Crippen LogP contribution in [0, 0.1) is 0 Å². The molecular weight excluding hydrogens is 256 g/mol. The molecule has 0 saturated heterocycles. The second-order valence-electron chi connectivity index (χ2n) is 4.22. The molecule has 0 saturated carbocycles. The van der Waals surface area contributed by atoms with E-state index in [1.54, 1.807) is 0 Å². The van der Waals surface area contributed by atoms with Crippen LogP contribution in [0.25, 0.3) is 0 Å². The molecular formula is C12H13BrS. The highest BCUT2D eigenvalue weighted by molar-refractivity contribution is 9.10. The minimum absolute atomic E-state index is 0.161. The summed E-state index contributed by atoms with van der Waals surface area (Å²) < 4.78 is 1.16. The summed E-state index contributed by atoms with van der Waals surface area (Å²) in [7, 11) is 0. The van der Waals surface area contributed by atoms with Crippen LogP contribution in [0.1, 0.15) is 26.3 Å². The van der Waals surface area contributed by atoms with E-state index in [9.17, 15) is 0 Å². The van der Waals surface area contributed by atoms with Crippen molar-refractivity contribution >= 4 is 27.7 Å². The van der Waals surface area contributed by atoms with Gasteiger partial charge in [-0.15, -0.1) is 0 Å². The van der Waals surface area contributed by atoms with Gasteiger partial charge in [-0.05, 0) is 35.6 Å². The summed E-state index contributed by atoms with van der Waals surface area (Å²) in [4.78, 5) is 2.78. The molecule has 0 radical (unpaired) electrons. The number of thioether (sulfide) groups is 1. The van der Waals surface area contributed by atoms with Gasteiger partial charge in [-0.2, -0.15) is 0 Å². The molecule has 0 bridgehead atoms. The van der Waals surface area contributed by atoms with E-state index in [1.165, 1.54) is 15.4 Å². The van der Waals surface area contributed by atoms with Gasteiger partial charge in [0.1, 0.15) is 0 Å². The summed E-state index contributed by atoms with van der Waals surface area (Å²) in [6.45, 7) is 6.71. The van der Waals surface area contributed by atoms with Crippen molar-refractivity contribution in [1.29, 1.82) is 0 Å². The summed E-state index contributed by atoms with van der Waals surface area (Å²) in [6, 6.07) is 6.54. The molecule has 1 heterocycles. The molecule has 0 fully saturated rings. The van der Waals surface area contributed by atoms with Crippen LogP contribution in [-0.2, 0) is 5.41 Å². The van der Waals surface area contributed by atoms with Crippen molar-refractivity contribution in [2.45, 2.75) is 31.1 Å². The maximum absolute atomic E-state index is 3.53. The van der Waals surface area contributed by atoms with Gasteiger partial charge < -0.3 is 0 Å². The van der Waals surface area contributed by atoms with E-state index >= 15 is 0 Å². The fourth-order valence-corrected chi connectivity index (χ4v) is 3.51. The molecule has 14 heavy (non-hydrogen) atoms. The molecule has 0 N–H and O–H groups in total. The van der Waals surface area contributed by atoms with Crippen molar-refractivity contribution in [3.05, 3.63) is 39.2 Å². The van der Waals surface area contributed by atoms with E-state index in [4.69, 9.17) is 0 Å². The normalized spacial score (nSPS) is 18.7. The molecule has 1 aromatic carbocycles. The molecule has 2 heteroatoms. The Balaban J connectivity index is 2.60. The molecule has 2 rings (SSSR count). The molecule has 0 unspecified atom stereocenters. The minimum atomic E-state index is 0.161. The fourth-order valence-electron chi connectivity index (χ4n) is 1.88. The predicted octanol–water partition coefficient (Wildman–Crippen LogP) is 4.74. The van der Waals surface area contributed by atoms with Gasteiger partial charge >= 0.3 is 0 Å². The van der Waals surface area contributed by atoms with E-state index in [1.807, 2.05) is 11.8 Å². The lowest BCUT2D eigenvalue weighted by molar-refractivity contribution is 0.648. The first-order chi connectivity index (χ1) is 6.49. The molecule has 0 aromatic heterocycles. The summed E-state index contributed by atoms with van der Waals surface area (Å²) in [5.41, 5.74) is 1.58. The number of halogens is 1. The van der Waals surface area contributed by atoms with Gasteiger partial charge in [0.05, 0.1) is 0 Å². The topological polar surface area (TPSA) is 0 Å². The zero-order valence-corrected chi connectivity index (χ0v) is 11.0.